The van der Waals surface area contributed by atoms with Crippen LogP contribution in [0.15, 0.2) is 65.1 Å². The van der Waals surface area contributed by atoms with E-state index in [4.69, 9.17) is 13.9 Å². The maximum absolute atomic E-state index is 12.4. The Labute approximate surface area is 155 Å². The molecule has 1 amide bonds. The zero-order chi connectivity index (χ0) is 18.2. The molecule has 0 fully saturated rings. The Morgan fingerprint density at radius 2 is 1.74 bits per heavy atom. The van der Waals surface area contributed by atoms with Gasteiger partial charge in [-0.25, -0.2) is 0 Å². The fraction of sp³-hybridized carbons (Fsp3) is 0.136. The predicted octanol–water partition coefficient (Wildman–Crippen LogP) is 4.89. The molecule has 3 aromatic carbocycles. The molecule has 0 radical (unpaired) electrons. The second kappa shape index (κ2) is 6.36. The van der Waals surface area contributed by atoms with Crippen LogP contribution in [0.4, 0.5) is 5.69 Å². The number of benzene rings is 3. The largest absolute Gasteiger partial charge is 0.456 e. The maximum Gasteiger partial charge on any atom is 0.231 e. The molecule has 4 aromatic rings. The van der Waals surface area contributed by atoms with Gasteiger partial charge in [0.25, 0.3) is 0 Å². The van der Waals surface area contributed by atoms with E-state index in [1.807, 2.05) is 60.7 Å². The molecule has 0 aliphatic carbocycles. The number of nitrogens with one attached hydrogen (secondary N) is 1. The Kier molecular flexibility index (Phi) is 3.71. The summed E-state index contributed by atoms with van der Waals surface area (Å²) < 4.78 is 16.5. The highest BCUT2D eigenvalue weighted by Crippen LogP contribution is 2.33. The molecule has 0 atom stereocenters. The number of carbonyl (C=O) groups is 1. The lowest BCUT2D eigenvalue weighted by Gasteiger charge is -2.06. The van der Waals surface area contributed by atoms with E-state index in [0.717, 1.165) is 44.7 Å². The SMILES string of the molecule is O=C(CCc1ccc2c(c1)OCO2)Nc1ccc2oc3ccccc3c2c1. The minimum atomic E-state index is -0.0279. The van der Waals surface area contributed by atoms with Gasteiger partial charge >= 0.3 is 0 Å². The summed E-state index contributed by atoms with van der Waals surface area (Å²) in [7, 11) is 0. The van der Waals surface area contributed by atoms with E-state index in [-0.39, 0.29) is 12.7 Å². The number of para-hydroxylation sites is 1. The first kappa shape index (κ1) is 15.8. The zero-order valence-corrected chi connectivity index (χ0v) is 14.5. The van der Waals surface area contributed by atoms with Crippen molar-refractivity contribution in [2.75, 3.05) is 12.1 Å². The average molecular weight is 359 g/mol. The standard InChI is InChI=1S/C22H17NO4/c24-22(10-6-14-5-8-20-21(11-14)26-13-25-20)23-15-7-9-19-17(12-15)16-3-1-2-4-18(16)27-19/h1-5,7-9,11-12H,6,10,13H2,(H,23,24). The predicted molar refractivity (Wildman–Crippen MR) is 103 cm³/mol. The zero-order valence-electron chi connectivity index (χ0n) is 14.5. The highest BCUT2D eigenvalue weighted by molar-refractivity contribution is 6.06. The van der Waals surface area contributed by atoms with Crippen molar-refractivity contribution in [1.29, 1.82) is 0 Å². The van der Waals surface area contributed by atoms with Gasteiger partial charge in [-0.2, -0.15) is 0 Å². The van der Waals surface area contributed by atoms with Crippen LogP contribution in [0.1, 0.15) is 12.0 Å². The summed E-state index contributed by atoms with van der Waals surface area (Å²) in [6.45, 7) is 0.254. The van der Waals surface area contributed by atoms with E-state index in [2.05, 4.69) is 5.32 Å². The Balaban J connectivity index is 1.29. The van der Waals surface area contributed by atoms with Gasteiger partial charge in [0, 0.05) is 22.9 Å². The fourth-order valence-corrected chi connectivity index (χ4v) is 3.38. The molecule has 2 heterocycles. The van der Waals surface area contributed by atoms with Gasteiger partial charge < -0.3 is 19.2 Å². The molecule has 0 unspecified atom stereocenters. The van der Waals surface area contributed by atoms with Gasteiger partial charge in [-0.15, -0.1) is 0 Å². The normalized spacial score (nSPS) is 12.6. The van der Waals surface area contributed by atoms with Crippen molar-refractivity contribution in [3.8, 4) is 11.5 Å². The van der Waals surface area contributed by atoms with Crippen molar-refractivity contribution in [3.05, 3.63) is 66.2 Å². The van der Waals surface area contributed by atoms with E-state index in [1.165, 1.54) is 0 Å². The van der Waals surface area contributed by atoms with Crippen LogP contribution in [0.25, 0.3) is 21.9 Å². The van der Waals surface area contributed by atoms with Crippen LogP contribution in [0.2, 0.25) is 0 Å². The fourth-order valence-electron chi connectivity index (χ4n) is 3.38. The Hall–Kier alpha value is -3.47. The van der Waals surface area contributed by atoms with Crippen molar-refractivity contribution in [2.24, 2.45) is 0 Å². The lowest BCUT2D eigenvalue weighted by Crippen LogP contribution is -2.12. The molecular formula is C22H17NO4. The van der Waals surface area contributed by atoms with Gasteiger partial charge in [0.1, 0.15) is 11.2 Å². The molecule has 5 heteroatoms. The molecule has 1 aliphatic heterocycles. The first-order valence-electron chi connectivity index (χ1n) is 8.86. The van der Waals surface area contributed by atoms with Crippen molar-refractivity contribution in [1.82, 2.24) is 0 Å². The van der Waals surface area contributed by atoms with Crippen LogP contribution in [-0.4, -0.2) is 12.7 Å². The van der Waals surface area contributed by atoms with E-state index >= 15 is 0 Å². The number of amides is 1. The molecule has 0 saturated carbocycles. The first-order valence-corrected chi connectivity index (χ1v) is 8.86. The lowest BCUT2D eigenvalue weighted by atomic mass is 10.1. The minimum absolute atomic E-state index is 0.0279. The molecule has 1 aliphatic rings. The molecule has 5 rings (SSSR count). The summed E-state index contributed by atoms with van der Waals surface area (Å²) in [5.41, 5.74) is 3.48. The summed E-state index contributed by atoms with van der Waals surface area (Å²) in [5.74, 6) is 1.47. The molecule has 0 spiro atoms. The van der Waals surface area contributed by atoms with Gasteiger partial charge in [0.2, 0.25) is 12.7 Å². The quantitative estimate of drug-likeness (QED) is 0.564. The van der Waals surface area contributed by atoms with E-state index < -0.39 is 0 Å². The van der Waals surface area contributed by atoms with Gasteiger partial charge in [0.15, 0.2) is 11.5 Å². The summed E-state index contributed by atoms with van der Waals surface area (Å²) in [5, 5.41) is 5.02. The van der Waals surface area contributed by atoms with Crippen molar-refractivity contribution in [2.45, 2.75) is 12.8 Å². The van der Waals surface area contributed by atoms with Crippen LogP contribution >= 0.6 is 0 Å². The van der Waals surface area contributed by atoms with Gasteiger partial charge in [-0.05, 0) is 48.4 Å². The monoisotopic (exact) mass is 359 g/mol. The Bertz CT molecular complexity index is 1160. The second-order valence-electron chi connectivity index (χ2n) is 6.54. The van der Waals surface area contributed by atoms with Crippen LogP contribution in [0, 0.1) is 0 Å². The number of anilines is 1. The van der Waals surface area contributed by atoms with Crippen molar-refractivity contribution >= 4 is 33.5 Å². The van der Waals surface area contributed by atoms with Gasteiger partial charge in [-0.3, -0.25) is 4.79 Å². The van der Waals surface area contributed by atoms with E-state index in [0.29, 0.717) is 12.8 Å². The minimum Gasteiger partial charge on any atom is -0.456 e. The highest BCUT2D eigenvalue weighted by atomic mass is 16.7. The van der Waals surface area contributed by atoms with Gasteiger partial charge in [0.05, 0.1) is 0 Å². The number of hydrogen-bond donors (Lipinski definition) is 1. The third-order valence-electron chi connectivity index (χ3n) is 4.74. The summed E-state index contributed by atoms with van der Waals surface area (Å²) >= 11 is 0. The van der Waals surface area contributed by atoms with E-state index in [9.17, 15) is 4.79 Å². The number of rotatable bonds is 4. The molecule has 5 nitrogen and oxygen atoms in total. The summed E-state index contributed by atoms with van der Waals surface area (Å²) in [4.78, 5) is 12.4. The van der Waals surface area contributed by atoms with Gasteiger partial charge in [-0.1, -0.05) is 24.3 Å². The van der Waals surface area contributed by atoms with Crippen LogP contribution in [0.3, 0.4) is 0 Å². The maximum atomic E-state index is 12.4. The van der Waals surface area contributed by atoms with Crippen LogP contribution in [-0.2, 0) is 11.2 Å². The molecule has 0 bridgehead atoms. The van der Waals surface area contributed by atoms with E-state index in [1.54, 1.807) is 0 Å². The highest BCUT2D eigenvalue weighted by Gasteiger charge is 2.14. The summed E-state index contributed by atoms with van der Waals surface area (Å²) in [6, 6.07) is 19.4. The second-order valence-corrected chi connectivity index (χ2v) is 6.54. The molecule has 0 saturated heterocycles. The number of aryl methyl sites for hydroxylation is 1. The van der Waals surface area contributed by atoms with Crippen LogP contribution < -0.4 is 14.8 Å². The average Bonchev–Trinajstić information content (AvgIpc) is 3.30. The smallest absolute Gasteiger partial charge is 0.231 e. The number of fused-ring (bicyclic) bond motifs is 4. The number of furan rings is 1. The molecule has 27 heavy (non-hydrogen) atoms. The molecular weight excluding hydrogens is 342 g/mol. The summed E-state index contributed by atoms with van der Waals surface area (Å²) in [6.07, 6.45) is 1.03. The van der Waals surface area contributed by atoms with Crippen molar-refractivity contribution < 1.29 is 18.7 Å². The topological polar surface area (TPSA) is 60.7 Å². The molecule has 1 aromatic heterocycles. The Morgan fingerprint density at radius 3 is 2.70 bits per heavy atom. The number of carbonyl (C=O) groups excluding carboxylic acids is 1. The van der Waals surface area contributed by atoms with Crippen LogP contribution in [0.5, 0.6) is 11.5 Å². The third kappa shape index (κ3) is 2.97. The third-order valence-corrected chi connectivity index (χ3v) is 4.74. The number of ether oxygens (including phenoxy) is 2. The number of hydrogen-bond acceptors (Lipinski definition) is 4. The first-order chi connectivity index (χ1) is 13.3. The molecule has 134 valence electrons. The lowest BCUT2D eigenvalue weighted by molar-refractivity contribution is -0.116. The Morgan fingerprint density at radius 1 is 0.889 bits per heavy atom. The van der Waals surface area contributed by atoms with Crippen molar-refractivity contribution in [3.63, 3.8) is 0 Å². The molecule has 1 N–H and O–H groups in total.